The summed E-state index contributed by atoms with van der Waals surface area (Å²) in [6.07, 6.45) is 1.68. The standard InChI is InChI=1S/C11H12ClNO2/c1-15-11(14)9(7-13)6-8-2-4-10(12)5-3-8/h2-6H,7,13H2,1H3. The van der Waals surface area contributed by atoms with Crippen LogP contribution in [0.1, 0.15) is 5.56 Å². The highest BCUT2D eigenvalue weighted by atomic mass is 35.5. The molecule has 0 aliphatic rings. The molecule has 0 aliphatic heterocycles. The summed E-state index contributed by atoms with van der Waals surface area (Å²) in [7, 11) is 1.33. The number of benzene rings is 1. The van der Waals surface area contributed by atoms with E-state index in [0.717, 1.165) is 5.56 Å². The summed E-state index contributed by atoms with van der Waals surface area (Å²) in [4.78, 5) is 11.2. The number of carbonyl (C=O) groups is 1. The first-order valence-electron chi connectivity index (χ1n) is 4.42. The molecule has 0 saturated carbocycles. The van der Waals surface area contributed by atoms with Crippen molar-refractivity contribution in [2.24, 2.45) is 5.73 Å². The van der Waals surface area contributed by atoms with Crippen LogP contribution in [-0.2, 0) is 9.53 Å². The van der Waals surface area contributed by atoms with Gasteiger partial charge in [-0.05, 0) is 23.8 Å². The Morgan fingerprint density at radius 3 is 2.53 bits per heavy atom. The summed E-state index contributed by atoms with van der Waals surface area (Å²) in [5.41, 5.74) is 6.73. The van der Waals surface area contributed by atoms with Gasteiger partial charge in [-0.2, -0.15) is 0 Å². The zero-order valence-electron chi connectivity index (χ0n) is 8.37. The normalized spacial score (nSPS) is 11.3. The lowest BCUT2D eigenvalue weighted by molar-refractivity contribution is -0.136. The van der Waals surface area contributed by atoms with E-state index in [-0.39, 0.29) is 6.54 Å². The van der Waals surface area contributed by atoms with Crippen molar-refractivity contribution in [3.63, 3.8) is 0 Å². The van der Waals surface area contributed by atoms with Crippen molar-refractivity contribution in [2.75, 3.05) is 13.7 Å². The number of hydrogen-bond acceptors (Lipinski definition) is 3. The second-order valence-electron chi connectivity index (χ2n) is 2.92. The van der Waals surface area contributed by atoms with Gasteiger partial charge in [0.05, 0.1) is 12.7 Å². The molecule has 0 radical (unpaired) electrons. The van der Waals surface area contributed by atoms with Crippen molar-refractivity contribution in [1.29, 1.82) is 0 Å². The van der Waals surface area contributed by atoms with E-state index < -0.39 is 5.97 Å². The minimum Gasteiger partial charge on any atom is -0.466 e. The Morgan fingerprint density at radius 2 is 2.07 bits per heavy atom. The first kappa shape index (κ1) is 11.8. The quantitative estimate of drug-likeness (QED) is 0.631. The zero-order valence-corrected chi connectivity index (χ0v) is 9.12. The van der Waals surface area contributed by atoms with Gasteiger partial charge >= 0.3 is 5.97 Å². The van der Waals surface area contributed by atoms with Crippen LogP contribution in [0.25, 0.3) is 6.08 Å². The fourth-order valence-corrected chi connectivity index (χ4v) is 1.22. The summed E-state index contributed by atoms with van der Waals surface area (Å²) in [5, 5.41) is 0.652. The fraction of sp³-hybridized carbons (Fsp3) is 0.182. The third kappa shape index (κ3) is 3.38. The molecule has 0 aromatic heterocycles. The van der Waals surface area contributed by atoms with Crippen molar-refractivity contribution >= 4 is 23.6 Å². The summed E-state index contributed by atoms with van der Waals surface area (Å²) in [6.45, 7) is 0.148. The predicted octanol–water partition coefficient (Wildman–Crippen LogP) is 1.86. The second-order valence-corrected chi connectivity index (χ2v) is 3.35. The van der Waals surface area contributed by atoms with Gasteiger partial charge in [-0.1, -0.05) is 23.7 Å². The van der Waals surface area contributed by atoms with Gasteiger partial charge in [0.1, 0.15) is 0 Å². The number of nitrogens with two attached hydrogens (primary N) is 1. The first-order chi connectivity index (χ1) is 7.17. The first-order valence-corrected chi connectivity index (χ1v) is 4.79. The molecular weight excluding hydrogens is 214 g/mol. The number of methoxy groups -OCH3 is 1. The molecule has 0 atom stereocenters. The van der Waals surface area contributed by atoms with Crippen LogP contribution in [0.4, 0.5) is 0 Å². The van der Waals surface area contributed by atoms with Gasteiger partial charge in [0.15, 0.2) is 0 Å². The number of rotatable bonds is 3. The number of hydrogen-bond donors (Lipinski definition) is 1. The fourth-order valence-electron chi connectivity index (χ4n) is 1.09. The van der Waals surface area contributed by atoms with Gasteiger partial charge in [0.25, 0.3) is 0 Å². The van der Waals surface area contributed by atoms with E-state index in [1.165, 1.54) is 7.11 Å². The lowest BCUT2D eigenvalue weighted by Gasteiger charge is -2.02. The molecule has 0 aliphatic carbocycles. The van der Waals surface area contributed by atoms with Gasteiger partial charge in [-0.3, -0.25) is 0 Å². The topological polar surface area (TPSA) is 52.3 Å². The number of halogens is 1. The summed E-state index contributed by atoms with van der Waals surface area (Å²) < 4.78 is 4.59. The van der Waals surface area contributed by atoms with E-state index in [9.17, 15) is 4.79 Å². The molecule has 1 aromatic carbocycles. The Balaban J connectivity index is 2.93. The van der Waals surface area contributed by atoms with Crippen molar-refractivity contribution in [3.8, 4) is 0 Å². The molecule has 1 aromatic rings. The van der Waals surface area contributed by atoms with E-state index in [0.29, 0.717) is 10.6 Å². The third-order valence-electron chi connectivity index (χ3n) is 1.88. The van der Waals surface area contributed by atoms with E-state index in [4.69, 9.17) is 17.3 Å². The van der Waals surface area contributed by atoms with E-state index >= 15 is 0 Å². The zero-order chi connectivity index (χ0) is 11.3. The molecule has 80 valence electrons. The van der Waals surface area contributed by atoms with E-state index in [2.05, 4.69) is 4.74 Å². The van der Waals surface area contributed by atoms with Crippen molar-refractivity contribution in [3.05, 3.63) is 40.4 Å². The highest BCUT2D eigenvalue weighted by molar-refractivity contribution is 6.30. The molecule has 1 rings (SSSR count). The van der Waals surface area contributed by atoms with Crippen molar-refractivity contribution in [2.45, 2.75) is 0 Å². The average Bonchev–Trinajstić information content (AvgIpc) is 2.27. The minimum absolute atomic E-state index is 0.148. The van der Waals surface area contributed by atoms with E-state index in [1.54, 1.807) is 30.3 Å². The third-order valence-corrected chi connectivity index (χ3v) is 2.13. The molecule has 0 unspecified atom stereocenters. The lowest BCUT2D eigenvalue weighted by atomic mass is 10.1. The van der Waals surface area contributed by atoms with Crippen LogP contribution in [-0.4, -0.2) is 19.6 Å². The average molecular weight is 226 g/mol. The molecule has 4 heteroatoms. The SMILES string of the molecule is COC(=O)C(=Cc1ccc(Cl)cc1)CN. The van der Waals surface area contributed by atoms with Crippen LogP contribution in [0.2, 0.25) is 5.02 Å². The van der Waals surface area contributed by atoms with Crippen LogP contribution in [0.5, 0.6) is 0 Å². The van der Waals surface area contributed by atoms with Crippen molar-refractivity contribution < 1.29 is 9.53 Å². The molecule has 15 heavy (non-hydrogen) atoms. The maximum Gasteiger partial charge on any atom is 0.335 e. The molecule has 0 spiro atoms. The number of ether oxygens (including phenoxy) is 1. The van der Waals surface area contributed by atoms with E-state index in [1.807, 2.05) is 0 Å². The molecule has 2 N–H and O–H groups in total. The molecule has 0 heterocycles. The largest absolute Gasteiger partial charge is 0.466 e. The van der Waals surface area contributed by atoms with Crippen LogP contribution in [0.3, 0.4) is 0 Å². The maximum atomic E-state index is 11.2. The molecule has 0 fully saturated rings. The minimum atomic E-state index is -0.410. The Hall–Kier alpha value is -1.32. The van der Waals surface area contributed by atoms with Crippen LogP contribution in [0, 0.1) is 0 Å². The van der Waals surface area contributed by atoms with Crippen molar-refractivity contribution in [1.82, 2.24) is 0 Å². The number of carbonyl (C=O) groups excluding carboxylic acids is 1. The molecular formula is C11H12ClNO2. The number of esters is 1. The Kier molecular flexibility index (Phi) is 4.34. The summed E-state index contributed by atoms with van der Waals surface area (Å²) in [6, 6.07) is 7.11. The predicted molar refractivity (Wildman–Crippen MR) is 60.5 cm³/mol. The highest BCUT2D eigenvalue weighted by Gasteiger charge is 2.06. The van der Waals surface area contributed by atoms with Gasteiger partial charge in [0, 0.05) is 11.6 Å². The van der Waals surface area contributed by atoms with Crippen LogP contribution < -0.4 is 5.73 Å². The molecule has 0 saturated heterocycles. The molecule has 3 nitrogen and oxygen atoms in total. The van der Waals surface area contributed by atoms with Gasteiger partial charge in [-0.25, -0.2) is 4.79 Å². The van der Waals surface area contributed by atoms with Crippen LogP contribution >= 0.6 is 11.6 Å². The van der Waals surface area contributed by atoms with Gasteiger partial charge in [0.2, 0.25) is 0 Å². The molecule has 0 bridgehead atoms. The second kappa shape index (κ2) is 5.53. The summed E-state index contributed by atoms with van der Waals surface area (Å²) >= 11 is 5.73. The molecule has 0 amide bonds. The summed E-state index contributed by atoms with van der Waals surface area (Å²) in [5.74, 6) is -0.410. The Bertz CT molecular complexity index is 371. The smallest absolute Gasteiger partial charge is 0.335 e. The Labute approximate surface area is 93.5 Å². The van der Waals surface area contributed by atoms with Crippen LogP contribution in [0.15, 0.2) is 29.8 Å². The maximum absolute atomic E-state index is 11.2. The highest BCUT2D eigenvalue weighted by Crippen LogP contribution is 2.12. The lowest BCUT2D eigenvalue weighted by Crippen LogP contribution is -2.13. The van der Waals surface area contributed by atoms with Gasteiger partial charge in [-0.15, -0.1) is 0 Å². The van der Waals surface area contributed by atoms with Gasteiger partial charge < -0.3 is 10.5 Å². The Morgan fingerprint density at radius 1 is 1.47 bits per heavy atom. The monoisotopic (exact) mass is 225 g/mol.